The number of hydrogen-bond acceptors (Lipinski definition) is 2. The van der Waals surface area contributed by atoms with Gasteiger partial charge in [-0.3, -0.25) is 9.59 Å². The summed E-state index contributed by atoms with van der Waals surface area (Å²) in [7, 11) is 0. The highest BCUT2D eigenvalue weighted by atomic mass is 16.2. The molecule has 2 atom stereocenters. The lowest BCUT2D eigenvalue weighted by atomic mass is 10.2. The molecule has 17 heavy (non-hydrogen) atoms. The maximum atomic E-state index is 11.8. The number of carbonyl (C=O) groups excluding carboxylic acids is 1. The predicted molar refractivity (Wildman–Crippen MR) is 66.1 cm³/mol. The zero-order valence-corrected chi connectivity index (χ0v) is 10.2. The van der Waals surface area contributed by atoms with Crippen molar-refractivity contribution in [3.05, 3.63) is 33.7 Å². The molecule has 2 unspecified atom stereocenters. The molecule has 1 saturated carbocycles. The first-order valence-electron chi connectivity index (χ1n) is 6.12. The van der Waals surface area contributed by atoms with Gasteiger partial charge in [0.05, 0.1) is 0 Å². The van der Waals surface area contributed by atoms with Gasteiger partial charge in [-0.25, -0.2) is 0 Å². The smallest absolute Gasteiger partial charge is 0.256 e. The van der Waals surface area contributed by atoms with Crippen LogP contribution >= 0.6 is 0 Å². The molecule has 1 aromatic heterocycles. The van der Waals surface area contributed by atoms with E-state index in [2.05, 4.69) is 17.2 Å². The van der Waals surface area contributed by atoms with Gasteiger partial charge in [0.2, 0.25) is 0 Å². The molecular weight excluding hydrogens is 216 g/mol. The molecule has 1 aliphatic carbocycles. The minimum atomic E-state index is -0.255. The van der Waals surface area contributed by atoms with Gasteiger partial charge in [0, 0.05) is 24.0 Å². The fraction of sp³-hybridized carbons (Fsp3) is 0.538. The molecule has 0 spiro atoms. The molecule has 0 aromatic carbocycles. The van der Waals surface area contributed by atoms with Gasteiger partial charge >= 0.3 is 0 Å². The lowest BCUT2D eigenvalue weighted by Crippen LogP contribution is -2.31. The van der Waals surface area contributed by atoms with Crippen LogP contribution in [-0.2, 0) is 0 Å². The van der Waals surface area contributed by atoms with Crippen molar-refractivity contribution in [2.75, 3.05) is 0 Å². The molecule has 0 bridgehead atoms. The molecule has 1 amide bonds. The van der Waals surface area contributed by atoms with E-state index in [9.17, 15) is 9.59 Å². The van der Waals surface area contributed by atoms with Crippen LogP contribution in [0.4, 0.5) is 0 Å². The standard InChI is InChI=1S/C13H18N2O2/c1-3-4-9-6-11(9)15-13(17)10-7-14-8(2)5-12(10)16/h5,7,9,11H,3-4,6H2,1-2H3,(H,14,16)(H,15,17). The van der Waals surface area contributed by atoms with Crippen molar-refractivity contribution in [1.29, 1.82) is 0 Å². The zero-order chi connectivity index (χ0) is 12.4. The Hall–Kier alpha value is -1.58. The van der Waals surface area contributed by atoms with Crippen LogP contribution in [-0.4, -0.2) is 16.9 Å². The van der Waals surface area contributed by atoms with Crippen molar-refractivity contribution in [2.45, 2.75) is 39.2 Å². The second-order valence-electron chi connectivity index (χ2n) is 4.76. The molecule has 1 heterocycles. The van der Waals surface area contributed by atoms with E-state index in [1.54, 1.807) is 6.92 Å². The average Bonchev–Trinajstić information content (AvgIpc) is 2.96. The number of hydrogen-bond donors (Lipinski definition) is 2. The first kappa shape index (κ1) is 11.9. The van der Waals surface area contributed by atoms with Gasteiger partial charge in [-0.15, -0.1) is 0 Å². The molecule has 1 aromatic rings. The van der Waals surface area contributed by atoms with Crippen LogP contribution < -0.4 is 10.7 Å². The molecule has 0 radical (unpaired) electrons. The normalized spacial score (nSPS) is 22.2. The van der Waals surface area contributed by atoms with Crippen molar-refractivity contribution >= 4 is 5.91 Å². The SMILES string of the molecule is CCCC1CC1NC(=O)c1c[nH]c(C)cc1=O. The van der Waals surface area contributed by atoms with Gasteiger partial charge in [0.1, 0.15) is 5.56 Å². The average molecular weight is 234 g/mol. The first-order chi connectivity index (χ1) is 8.11. The lowest BCUT2D eigenvalue weighted by Gasteiger charge is -2.04. The molecule has 1 aliphatic rings. The fourth-order valence-electron chi connectivity index (χ4n) is 2.11. The summed E-state index contributed by atoms with van der Waals surface area (Å²) in [6, 6.07) is 1.72. The van der Waals surface area contributed by atoms with Gasteiger partial charge in [0.15, 0.2) is 5.43 Å². The van der Waals surface area contributed by atoms with Crippen LogP contribution in [0.3, 0.4) is 0 Å². The first-order valence-corrected chi connectivity index (χ1v) is 6.12. The third-order valence-electron chi connectivity index (χ3n) is 3.20. The van der Waals surface area contributed by atoms with Gasteiger partial charge < -0.3 is 10.3 Å². The Kier molecular flexibility index (Phi) is 3.31. The number of aromatic amines is 1. The molecule has 0 aliphatic heterocycles. The highest BCUT2D eigenvalue weighted by molar-refractivity contribution is 5.94. The number of aromatic nitrogens is 1. The van der Waals surface area contributed by atoms with E-state index in [-0.39, 0.29) is 22.9 Å². The van der Waals surface area contributed by atoms with E-state index in [4.69, 9.17) is 0 Å². The van der Waals surface area contributed by atoms with Crippen LogP contribution in [0.5, 0.6) is 0 Å². The fourth-order valence-corrected chi connectivity index (χ4v) is 2.11. The summed E-state index contributed by atoms with van der Waals surface area (Å²) >= 11 is 0. The summed E-state index contributed by atoms with van der Waals surface area (Å²) in [5, 5.41) is 2.91. The van der Waals surface area contributed by atoms with Crippen molar-refractivity contribution in [3.8, 4) is 0 Å². The maximum absolute atomic E-state index is 11.8. The van der Waals surface area contributed by atoms with Gasteiger partial charge in [-0.05, 0) is 25.7 Å². The number of amides is 1. The molecule has 0 saturated heterocycles. The van der Waals surface area contributed by atoms with Crippen molar-refractivity contribution in [3.63, 3.8) is 0 Å². The van der Waals surface area contributed by atoms with Gasteiger partial charge in [-0.2, -0.15) is 0 Å². The Labute approximate surface area is 100 Å². The van der Waals surface area contributed by atoms with E-state index < -0.39 is 0 Å². The Morgan fingerprint density at radius 2 is 2.35 bits per heavy atom. The molecule has 2 rings (SSSR count). The minimum absolute atomic E-state index is 0.206. The van der Waals surface area contributed by atoms with Crippen LogP contribution in [0, 0.1) is 12.8 Å². The number of rotatable bonds is 4. The highest BCUT2D eigenvalue weighted by Crippen LogP contribution is 2.34. The molecular formula is C13H18N2O2. The lowest BCUT2D eigenvalue weighted by molar-refractivity contribution is 0.0947. The molecule has 4 nitrogen and oxygen atoms in total. The summed E-state index contributed by atoms with van der Waals surface area (Å²) < 4.78 is 0. The van der Waals surface area contributed by atoms with E-state index in [0.717, 1.165) is 25.0 Å². The summed E-state index contributed by atoms with van der Waals surface area (Å²) in [5.41, 5.74) is 0.756. The number of H-pyrrole nitrogens is 1. The Balaban J connectivity index is 1.99. The van der Waals surface area contributed by atoms with Crippen LogP contribution in [0.25, 0.3) is 0 Å². The van der Waals surface area contributed by atoms with Crippen LogP contribution in [0.15, 0.2) is 17.1 Å². The van der Waals surface area contributed by atoms with E-state index in [0.29, 0.717) is 5.92 Å². The predicted octanol–water partition coefficient (Wildman–Crippen LogP) is 1.60. The number of pyridine rings is 1. The summed E-state index contributed by atoms with van der Waals surface area (Å²) in [5.74, 6) is 0.350. The summed E-state index contributed by atoms with van der Waals surface area (Å²) in [4.78, 5) is 26.3. The number of nitrogens with one attached hydrogen (secondary N) is 2. The van der Waals surface area contributed by atoms with Crippen LogP contribution in [0.2, 0.25) is 0 Å². The zero-order valence-electron chi connectivity index (χ0n) is 10.2. The minimum Gasteiger partial charge on any atom is -0.364 e. The number of carbonyl (C=O) groups is 1. The Bertz CT molecular complexity index is 479. The Morgan fingerprint density at radius 3 is 3.00 bits per heavy atom. The monoisotopic (exact) mass is 234 g/mol. The second-order valence-corrected chi connectivity index (χ2v) is 4.76. The quantitative estimate of drug-likeness (QED) is 0.831. The molecule has 2 N–H and O–H groups in total. The third-order valence-corrected chi connectivity index (χ3v) is 3.20. The van der Waals surface area contributed by atoms with E-state index >= 15 is 0 Å². The maximum Gasteiger partial charge on any atom is 0.256 e. The topological polar surface area (TPSA) is 62.0 Å². The Morgan fingerprint density at radius 1 is 1.59 bits per heavy atom. The highest BCUT2D eigenvalue weighted by Gasteiger charge is 2.37. The van der Waals surface area contributed by atoms with Crippen LogP contribution in [0.1, 0.15) is 42.2 Å². The molecule has 4 heteroatoms. The number of aryl methyl sites for hydroxylation is 1. The van der Waals surface area contributed by atoms with Crippen molar-refractivity contribution < 1.29 is 4.79 Å². The van der Waals surface area contributed by atoms with Crippen molar-refractivity contribution in [1.82, 2.24) is 10.3 Å². The van der Waals surface area contributed by atoms with Crippen molar-refractivity contribution in [2.24, 2.45) is 5.92 Å². The van der Waals surface area contributed by atoms with Gasteiger partial charge in [-0.1, -0.05) is 13.3 Å². The van der Waals surface area contributed by atoms with E-state index in [1.807, 2.05) is 0 Å². The van der Waals surface area contributed by atoms with Gasteiger partial charge in [0.25, 0.3) is 5.91 Å². The molecule has 92 valence electrons. The molecule has 1 fully saturated rings. The van der Waals surface area contributed by atoms with E-state index in [1.165, 1.54) is 12.3 Å². The summed E-state index contributed by atoms with van der Waals surface area (Å²) in [6.07, 6.45) is 4.82. The second kappa shape index (κ2) is 4.73. The third kappa shape index (κ3) is 2.75. The summed E-state index contributed by atoms with van der Waals surface area (Å²) in [6.45, 7) is 3.93. The largest absolute Gasteiger partial charge is 0.364 e.